The first kappa shape index (κ1) is 25.1. The summed E-state index contributed by atoms with van der Waals surface area (Å²) in [5.41, 5.74) is 8.31. The lowest BCUT2D eigenvalue weighted by molar-refractivity contribution is -0.131. The average molecular weight is 522 g/mol. The fourth-order valence-electron chi connectivity index (χ4n) is 5.84. The zero-order valence-corrected chi connectivity index (χ0v) is 22.2. The molecule has 1 N–H and O–H groups in total. The highest BCUT2D eigenvalue weighted by atomic mass is 19.1. The number of halogens is 1. The first-order chi connectivity index (χ1) is 18.9. The van der Waals surface area contributed by atoms with Gasteiger partial charge in [0.2, 0.25) is 0 Å². The second-order valence-electron chi connectivity index (χ2n) is 10.7. The van der Waals surface area contributed by atoms with Crippen LogP contribution in [0.25, 0.3) is 17.2 Å². The number of carbonyl (C=O) groups is 1. The van der Waals surface area contributed by atoms with E-state index in [2.05, 4.69) is 66.4 Å². The lowest BCUT2D eigenvalue weighted by Crippen LogP contribution is -2.43. The zero-order valence-electron chi connectivity index (χ0n) is 22.2. The Balaban J connectivity index is 1.43. The van der Waals surface area contributed by atoms with Crippen LogP contribution in [0.3, 0.4) is 0 Å². The van der Waals surface area contributed by atoms with Crippen molar-refractivity contribution in [3.63, 3.8) is 0 Å². The fourth-order valence-corrected chi connectivity index (χ4v) is 5.84. The summed E-state index contributed by atoms with van der Waals surface area (Å²) in [5.74, 6) is -0.738. The van der Waals surface area contributed by atoms with Gasteiger partial charge >= 0.3 is 5.97 Å². The van der Waals surface area contributed by atoms with E-state index < -0.39 is 5.97 Å². The summed E-state index contributed by atoms with van der Waals surface area (Å²) in [6, 6.07) is 20.4. The number of nitrogens with zero attached hydrogens (tertiary/aromatic N) is 3. The largest absolute Gasteiger partial charge is 0.478 e. The van der Waals surface area contributed by atoms with Crippen LogP contribution in [0.4, 0.5) is 10.1 Å². The molecule has 1 aromatic heterocycles. The van der Waals surface area contributed by atoms with Gasteiger partial charge in [0.05, 0.1) is 12.2 Å². The number of aliphatic carboxylic acids is 1. The lowest BCUT2D eigenvalue weighted by Gasteiger charge is -2.44. The Morgan fingerprint density at radius 3 is 2.49 bits per heavy atom. The van der Waals surface area contributed by atoms with Crippen molar-refractivity contribution in [1.82, 2.24) is 9.78 Å². The highest BCUT2D eigenvalue weighted by Gasteiger charge is 2.35. The predicted octanol–water partition coefficient (Wildman–Crippen LogP) is 7.22. The Hall–Kier alpha value is -4.19. The lowest BCUT2D eigenvalue weighted by atomic mass is 9.83. The van der Waals surface area contributed by atoms with Crippen LogP contribution in [0.2, 0.25) is 0 Å². The number of aromatic nitrogens is 2. The van der Waals surface area contributed by atoms with Gasteiger partial charge in [0.15, 0.2) is 0 Å². The molecule has 6 heteroatoms. The average Bonchev–Trinajstić information content (AvgIpc) is 3.66. The maximum Gasteiger partial charge on any atom is 0.328 e. The maximum absolute atomic E-state index is 15.2. The van der Waals surface area contributed by atoms with Gasteiger partial charge in [0, 0.05) is 36.1 Å². The molecule has 0 saturated heterocycles. The number of benzene rings is 3. The highest BCUT2D eigenvalue weighted by molar-refractivity contribution is 5.85. The molecule has 39 heavy (non-hydrogen) atoms. The predicted molar refractivity (Wildman–Crippen MR) is 152 cm³/mol. The third-order valence-electron chi connectivity index (χ3n) is 7.97. The van der Waals surface area contributed by atoms with E-state index in [1.807, 2.05) is 29.1 Å². The fraction of sp³-hybridized carbons (Fsp3) is 0.273. The van der Waals surface area contributed by atoms with Gasteiger partial charge in [-0.2, -0.15) is 5.10 Å². The maximum atomic E-state index is 15.2. The molecule has 2 heterocycles. The quantitative estimate of drug-likeness (QED) is 0.261. The van der Waals surface area contributed by atoms with E-state index >= 15 is 4.39 Å². The molecule has 2 aliphatic rings. The van der Waals surface area contributed by atoms with Crippen LogP contribution in [0.5, 0.6) is 0 Å². The Morgan fingerprint density at radius 1 is 1.05 bits per heavy atom. The Labute approximate surface area is 228 Å². The molecule has 0 amide bonds. The minimum Gasteiger partial charge on any atom is -0.478 e. The first-order valence-electron chi connectivity index (χ1n) is 13.7. The van der Waals surface area contributed by atoms with Gasteiger partial charge in [0.25, 0.3) is 0 Å². The molecule has 198 valence electrons. The summed E-state index contributed by atoms with van der Waals surface area (Å²) in [5, 5.41) is 13.5. The second kappa shape index (κ2) is 10.2. The Bertz CT molecular complexity index is 1550. The normalized spacial score (nSPS) is 18.9. The minimum atomic E-state index is -0.975. The molecule has 1 saturated carbocycles. The third kappa shape index (κ3) is 4.99. The molecule has 0 unspecified atom stereocenters. The van der Waals surface area contributed by atoms with Crippen LogP contribution < -0.4 is 4.90 Å². The Kier molecular flexibility index (Phi) is 6.55. The van der Waals surface area contributed by atoms with Crippen molar-refractivity contribution in [2.24, 2.45) is 0 Å². The van der Waals surface area contributed by atoms with Crippen LogP contribution >= 0.6 is 0 Å². The van der Waals surface area contributed by atoms with Gasteiger partial charge in [-0.05, 0) is 90.6 Å². The van der Waals surface area contributed by atoms with Gasteiger partial charge in [-0.3, -0.25) is 4.68 Å². The monoisotopic (exact) mass is 521 g/mol. The summed E-state index contributed by atoms with van der Waals surface area (Å²) in [4.78, 5) is 13.3. The minimum absolute atomic E-state index is 0.111. The molecule has 0 radical (unpaired) electrons. The van der Waals surface area contributed by atoms with Crippen molar-refractivity contribution in [2.45, 2.75) is 57.7 Å². The van der Waals surface area contributed by atoms with Crippen molar-refractivity contribution in [3.05, 3.63) is 113 Å². The summed E-state index contributed by atoms with van der Waals surface area (Å²) in [6.45, 7) is 5.11. The van der Waals surface area contributed by atoms with E-state index in [0.717, 1.165) is 65.4 Å². The smallest absolute Gasteiger partial charge is 0.328 e. The molecule has 1 aliphatic carbocycles. The molecule has 0 bridgehead atoms. The van der Waals surface area contributed by atoms with E-state index in [0.29, 0.717) is 5.92 Å². The summed E-state index contributed by atoms with van der Waals surface area (Å²) >= 11 is 0. The summed E-state index contributed by atoms with van der Waals surface area (Å²) < 4.78 is 17.2. The van der Waals surface area contributed by atoms with Crippen molar-refractivity contribution in [2.75, 3.05) is 4.90 Å². The van der Waals surface area contributed by atoms with Crippen LogP contribution in [0.1, 0.15) is 66.5 Å². The molecule has 3 aromatic carbocycles. The SMILES string of the molecule is CCn1cc(-c2ccc3c(c2)C[C@@H](C)N(c2ccc(C4CC4)c(F)c2)[C@@H]3c2ccc(/C=C/C(=O)O)cc2)cn1. The number of hydrogen-bond donors (Lipinski definition) is 1. The van der Waals surface area contributed by atoms with E-state index in [9.17, 15) is 4.79 Å². The van der Waals surface area contributed by atoms with Crippen molar-refractivity contribution >= 4 is 17.7 Å². The first-order valence-corrected chi connectivity index (χ1v) is 13.7. The highest BCUT2D eigenvalue weighted by Crippen LogP contribution is 2.45. The number of carboxylic acids is 1. The Morgan fingerprint density at radius 2 is 1.82 bits per heavy atom. The van der Waals surface area contributed by atoms with Crippen LogP contribution in [0, 0.1) is 5.82 Å². The molecular weight excluding hydrogens is 489 g/mol. The molecule has 5 nitrogen and oxygen atoms in total. The molecule has 1 aliphatic heterocycles. The van der Waals surface area contributed by atoms with Crippen molar-refractivity contribution in [1.29, 1.82) is 0 Å². The van der Waals surface area contributed by atoms with Gasteiger partial charge < -0.3 is 10.0 Å². The molecular formula is C33H32FN3O2. The molecule has 1 fully saturated rings. The topological polar surface area (TPSA) is 58.4 Å². The number of anilines is 1. The second-order valence-corrected chi connectivity index (χ2v) is 10.7. The number of aryl methyl sites for hydroxylation is 1. The van der Waals surface area contributed by atoms with Gasteiger partial charge in [0.1, 0.15) is 5.82 Å². The van der Waals surface area contributed by atoms with Crippen molar-refractivity contribution in [3.8, 4) is 11.1 Å². The number of hydrogen-bond acceptors (Lipinski definition) is 3. The summed E-state index contributed by atoms with van der Waals surface area (Å²) in [6.07, 6.45) is 9.69. The summed E-state index contributed by atoms with van der Waals surface area (Å²) in [7, 11) is 0. The van der Waals surface area contributed by atoms with E-state index in [1.54, 1.807) is 12.1 Å². The molecule has 2 atom stereocenters. The van der Waals surface area contributed by atoms with Crippen LogP contribution in [-0.4, -0.2) is 26.9 Å². The van der Waals surface area contributed by atoms with Crippen LogP contribution in [0.15, 0.2) is 79.1 Å². The number of carboxylic acid groups (broad SMARTS) is 1. The van der Waals surface area contributed by atoms with E-state index in [-0.39, 0.29) is 17.9 Å². The van der Waals surface area contributed by atoms with E-state index in [4.69, 9.17) is 5.11 Å². The van der Waals surface area contributed by atoms with E-state index in [1.165, 1.54) is 11.1 Å². The third-order valence-corrected chi connectivity index (χ3v) is 7.97. The van der Waals surface area contributed by atoms with Crippen LogP contribution in [-0.2, 0) is 17.8 Å². The number of fused-ring (bicyclic) bond motifs is 1. The molecule has 0 spiro atoms. The van der Waals surface area contributed by atoms with Gasteiger partial charge in [-0.1, -0.05) is 48.5 Å². The number of rotatable bonds is 7. The van der Waals surface area contributed by atoms with Gasteiger partial charge in [-0.25, -0.2) is 9.18 Å². The van der Waals surface area contributed by atoms with Crippen molar-refractivity contribution < 1.29 is 14.3 Å². The van der Waals surface area contributed by atoms with Gasteiger partial charge in [-0.15, -0.1) is 0 Å². The molecule has 6 rings (SSSR count). The molecule has 4 aromatic rings. The standard InChI is InChI=1S/C33H32FN3O2/c1-3-36-20-27(19-35-36)25-11-13-30-26(17-25)16-21(2)37(28-12-14-29(23-9-10-23)31(34)18-28)33(30)24-7-4-22(5-8-24)6-15-32(38)39/h4-8,11-15,17-21,23,33H,3,9-10,16H2,1-2H3,(H,38,39)/b15-6+/t21-,33-/m1/s1. The zero-order chi connectivity index (χ0) is 27.1.